The van der Waals surface area contributed by atoms with Gasteiger partial charge in [0.15, 0.2) is 0 Å². The first kappa shape index (κ1) is 14.3. The van der Waals surface area contributed by atoms with Gasteiger partial charge in [-0.15, -0.1) is 0 Å². The smallest absolute Gasteiger partial charge is 0.123 e. The van der Waals surface area contributed by atoms with E-state index in [1.54, 1.807) is 7.11 Å². The number of aliphatic hydroxyl groups is 1. The summed E-state index contributed by atoms with van der Waals surface area (Å²) in [5.74, 6) is 0.865. The van der Waals surface area contributed by atoms with E-state index in [9.17, 15) is 5.11 Å². The van der Waals surface area contributed by atoms with Gasteiger partial charge >= 0.3 is 0 Å². The van der Waals surface area contributed by atoms with Crippen LogP contribution < -0.4 is 10.5 Å². The highest BCUT2D eigenvalue weighted by Crippen LogP contribution is 2.24. The summed E-state index contributed by atoms with van der Waals surface area (Å²) in [6.07, 6.45) is 1.68. The molecule has 0 aliphatic carbocycles. The Kier molecular flexibility index (Phi) is 4.45. The number of rotatable bonds is 4. The average Bonchev–Trinajstić information content (AvgIpc) is 2.41. The van der Waals surface area contributed by atoms with E-state index >= 15 is 0 Å². The molecule has 3 N–H and O–H groups in total. The predicted molar refractivity (Wildman–Crippen MR) is 76.0 cm³/mol. The van der Waals surface area contributed by atoms with E-state index in [0.29, 0.717) is 6.54 Å². The standard InChI is InChI=1S/C15H24N2O2/c1-15(18)5-7-17(8-6-15)11-12-3-4-13(10-16)14(9-12)19-2/h3-4,9,18H,5-8,10-11,16H2,1-2H3. The van der Waals surface area contributed by atoms with Crippen LogP contribution in [0.4, 0.5) is 0 Å². The van der Waals surface area contributed by atoms with Crippen LogP contribution in [0, 0.1) is 0 Å². The second kappa shape index (κ2) is 5.90. The van der Waals surface area contributed by atoms with Gasteiger partial charge in [-0.1, -0.05) is 12.1 Å². The Morgan fingerprint density at radius 3 is 2.63 bits per heavy atom. The van der Waals surface area contributed by atoms with Crippen molar-refractivity contribution in [1.82, 2.24) is 4.90 Å². The summed E-state index contributed by atoms with van der Waals surface area (Å²) in [7, 11) is 1.68. The minimum atomic E-state index is -0.488. The zero-order valence-corrected chi connectivity index (χ0v) is 11.9. The SMILES string of the molecule is COc1cc(CN2CCC(C)(O)CC2)ccc1CN. The molecule has 4 nitrogen and oxygen atoms in total. The fourth-order valence-corrected chi connectivity index (χ4v) is 2.51. The summed E-state index contributed by atoms with van der Waals surface area (Å²) in [4.78, 5) is 2.37. The summed E-state index contributed by atoms with van der Waals surface area (Å²) in [6.45, 7) is 5.19. The molecule has 0 radical (unpaired) electrons. The van der Waals surface area contributed by atoms with Crippen LogP contribution in [0.5, 0.6) is 5.75 Å². The van der Waals surface area contributed by atoms with E-state index in [0.717, 1.165) is 43.8 Å². The van der Waals surface area contributed by atoms with Crippen molar-refractivity contribution in [3.05, 3.63) is 29.3 Å². The summed E-state index contributed by atoms with van der Waals surface area (Å²) >= 11 is 0. The Morgan fingerprint density at radius 1 is 1.37 bits per heavy atom. The number of hydrogen-bond donors (Lipinski definition) is 2. The minimum Gasteiger partial charge on any atom is -0.496 e. The lowest BCUT2D eigenvalue weighted by Gasteiger charge is -2.35. The van der Waals surface area contributed by atoms with Crippen LogP contribution >= 0.6 is 0 Å². The molecule has 19 heavy (non-hydrogen) atoms. The summed E-state index contributed by atoms with van der Waals surface area (Å²) < 4.78 is 5.36. The van der Waals surface area contributed by atoms with E-state index < -0.39 is 5.60 Å². The van der Waals surface area contributed by atoms with Gasteiger partial charge in [-0.05, 0) is 31.4 Å². The minimum absolute atomic E-state index is 0.488. The predicted octanol–water partition coefficient (Wildman–Crippen LogP) is 1.50. The van der Waals surface area contributed by atoms with Crippen LogP contribution in [-0.4, -0.2) is 35.8 Å². The van der Waals surface area contributed by atoms with E-state index in [1.165, 1.54) is 5.56 Å². The number of hydrogen-bond acceptors (Lipinski definition) is 4. The van der Waals surface area contributed by atoms with Crippen molar-refractivity contribution in [3.63, 3.8) is 0 Å². The molecular weight excluding hydrogens is 240 g/mol. The zero-order chi connectivity index (χ0) is 13.9. The lowest BCUT2D eigenvalue weighted by Crippen LogP contribution is -2.41. The summed E-state index contributed by atoms with van der Waals surface area (Å²) in [5.41, 5.74) is 7.45. The molecule has 1 fully saturated rings. The summed E-state index contributed by atoms with van der Waals surface area (Å²) in [5, 5.41) is 9.95. The lowest BCUT2D eigenvalue weighted by molar-refractivity contribution is -0.00731. The van der Waals surface area contributed by atoms with Crippen molar-refractivity contribution in [2.75, 3.05) is 20.2 Å². The van der Waals surface area contributed by atoms with Gasteiger partial charge < -0.3 is 15.6 Å². The number of nitrogens with zero attached hydrogens (tertiary/aromatic N) is 1. The monoisotopic (exact) mass is 264 g/mol. The van der Waals surface area contributed by atoms with Gasteiger partial charge in [0, 0.05) is 31.7 Å². The maximum atomic E-state index is 9.95. The third-order valence-electron chi connectivity index (χ3n) is 3.91. The first-order valence-electron chi connectivity index (χ1n) is 6.85. The van der Waals surface area contributed by atoms with Crippen LogP contribution in [0.1, 0.15) is 30.9 Å². The van der Waals surface area contributed by atoms with Gasteiger partial charge in [-0.3, -0.25) is 4.90 Å². The Balaban J connectivity index is 2.00. The fraction of sp³-hybridized carbons (Fsp3) is 0.600. The molecule has 1 aliphatic heterocycles. The topological polar surface area (TPSA) is 58.7 Å². The van der Waals surface area contributed by atoms with Crippen LogP contribution in [0.2, 0.25) is 0 Å². The number of likely N-dealkylation sites (tertiary alicyclic amines) is 1. The van der Waals surface area contributed by atoms with Crippen LogP contribution in [-0.2, 0) is 13.1 Å². The van der Waals surface area contributed by atoms with Crippen molar-refractivity contribution in [3.8, 4) is 5.75 Å². The number of piperidine rings is 1. The van der Waals surface area contributed by atoms with Crippen LogP contribution in [0.3, 0.4) is 0 Å². The molecule has 0 atom stereocenters. The largest absolute Gasteiger partial charge is 0.496 e. The highest BCUT2D eigenvalue weighted by Gasteiger charge is 2.27. The van der Waals surface area contributed by atoms with Crippen LogP contribution in [0.25, 0.3) is 0 Å². The van der Waals surface area contributed by atoms with Crippen molar-refractivity contribution in [1.29, 1.82) is 0 Å². The Hall–Kier alpha value is -1.10. The molecule has 1 aromatic carbocycles. The Bertz CT molecular complexity index is 422. The Morgan fingerprint density at radius 2 is 2.05 bits per heavy atom. The highest BCUT2D eigenvalue weighted by molar-refractivity contribution is 5.37. The maximum Gasteiger partial charge on any atom is 0.123 e. The first-order chi connectivity index (χ1) is 9.04. The highest BCUT2D eigenvalue weighted by atomic mass is 16.5. The third-order valence-corrected chi connectivity index (χ3v) is 3.91. The number of benzene rings is 1. The van der Waals surface area contributed by atoms with Crippen molar-refractivity contribution >= 4 is 0 Å². The molecular formula is C15H24N2O2. The lowest BCUT2D eigenvalue weighted by atomic mass is 9.93. The molecule has 1 aliphatic rings. The zero-order valence-electron chi connectivity index (χ0n) is 11.9. The fourth-order valence-electron chi connectivity index (χ4n) is 2.51. The van der Waals surface area contributed by atoms with Crippen molar-refractivity contribution in [2.24, 2.45) is 5.73 Å². The number of ether oxygens (including phenoxy) is 1. The van der Waals surface area contributed by atoms with Gasteiger partial charge in [0.05, 0.1) is 12.7 Å². The summed E-state index contributed by atoms with van der Waals surface area (Å²) in [6, 6.07) is 6.21. The maximum absolute atomic E-state index is 9.95. The van der Waals surface area contributed by atoms with Gasteiger partial charge in [0.2, 0.25) is 0 Å². The second-order valence-corrected chi connectivity index (χ2v) is 5.62. The average molecular weight is 264 g/mol. The molecule has 1 aromatic rings. The number of nitrogens with two attached hydrogens (primary N) is 1. The molecule has 1 heterocycles. The number of methoxy groups -OCH3 is 1. The molecule has 0 aromatic heterocycles. The first-order valence-corrected chi connectivity index (χ1v) is 6.85. The molecule has 106 valence electrons. The molecule has 2 rings (SSSR count). The molecule has 1 saturated heterocycles. The quantitative estimate of drug-likeness (QED) is 0.865. The molecule has 0 saturated carbocycles. The van der Waals surface area contributed by atoms with Crippen LogP contribution in [0.15, 0.2) is 18.2 Å². The normalized spacial score (nSPS) is 19.4. The molecule has 0 unspecified atom stereocenters. The van der Waals surface area contributed by atoms with Gasteiger partial charge in [-0.2, -0.15) is 0 Å². The van der Waals surface area contributed by atoms with Gasteiger partial charge in [0.1, 0.15) is 5.75 Å². The van der Waals surface area contributed by atoms with E-state index in [2.05, 4.69) is 17.0 Å². The molecule has 0 spiro atoms. The third kappa shape index (κ3) is 3.69. The molecule has 0 bridgehead atoms. The second-order valence-electron chi connectivity index (χ2n) is 5.62. The van der Waals surface area contributed by atoms with E-state index in [1.807, 2.05) is 13.0 Å². The van der Waals surface area contributed by atoms with E-state index in [4.69, 9.17) is 10.5 Å². The van der Waals surface area contributed by atoms with Gasteiger partial charge in [0.25, 0.3) is 0 Å². The van der Waals surface area contributed by atoms with E-state index in [-0.39, 0.29) is 0 Å². The van der Waals surface area contributed by atoms with Gasteiger partial charge in [-0.25, -0.2) is 0 Å². The van der Waals surface area contributed by atoms with Crippen molar-refractivity contribution < 1.29 is 9.84 Å². The Labute approximate surface area is 115 Å². The molecule has 0 amide bonds. The molecule has 4 heteroatoms. The van der Waals surface area contributed by atoms with Crippen molar-refractivity contribution in [2.45, 2.75) is 38.5 Å².